The van der Waals surface area contributed by atoms with Crippen molar-refractivity contribution in [1.82, 2.24) is 10.2 Å². The molecule has 0 bridgehead atoms. The summed E-state index contributed by atoms with van der Waals surface area (Å²) in [5, 5.41) is 9.73. The lowest BCUT2D eigenvalue weighted by Crippen LogP contribution is -2.42. The van der Waals surface area contributed by atoms with Gasteiger partial charge in [0.25, 0.3) is 0 Å². The number of rotatable bonds is 7. The first kappa shape index (κ1) is 13.7. The standard InChI is InChI=1S/C9H20N4O2/c1-3-5-15-6-4-12-8(14)7-13(2)9(10)11/h3-7H2,1-2H3,(H3,10,11)(H,12,14). The summed E-state index contributed by atoms with van der Waals surface area (Å²) in [6, 6.07) is 0. The lowest BCUT2D eigenvalue weighted by atomic mass is 10.5. The molecular weight excluding hydrogens is 196 g/mol. The second-order valence-electron chi connectivity index (χ2n) is 3.20. The predicted molar refractivity (Wildman–Crippen MR) is 58.7 cm³/mol. The van der Waals surface area contributed by atoms with Crippen LogP contribution in [0, 0.1) is 5.41 Å². The number of guanidine groups is 1. The third kappa shape index (κ3) is 7.75. The van der Waals surface area contributed by atoms with E-state index in [1.807, 2.05) is 6.92 Å². The zero-order valence-electron chi connectivity index (χ0n) is 9.38. The van der Waals surface area contributed by atoms with E-state index in [0.717, 1.165) is 6.42 Å². The van der Waals surface area contributed by atoms with E-state index < -0.39 is 0 Å². The van der Waals surface area contributed by atoms with Crippen LogP contribution in [0.4, 0.5) is 0 Å². The number of carbonyl (C=O) groups is 1. The second-order valence-corrected chi connectivity index (χ2v) is 3.20. The summed E-state index contributed by atoms with van der Waals surface area (Å²) in [4.78, 5) is 12.6. The SMILES string of the molecule is CCCOCCNC(=O)CN(C)C(=N)N. The topological polar surface area (TPSA) is 91.4 Å². The Morgan fingerprint density at radius 1 is 1.53 bits per heavy atom. The molecule has 6 nitrogen and oxygen atoms in total. The molecule has 0 saturated carbocycles. The Labute approximate surface area is 90.3 Å². The Morgan fingerprint density at radius 3 is 2.73 bits per heavy atom. The van der Waals surface area contributed by atoms with E-state index in [2.05, 4.69) is 5.32 Å². The summed E-state index contributed by atoms with van der Waals surface area (Å²) < 4.78 is 5.19. The van der Waals surface area contributed by atoms with Gasteiger partial charge in [0.2, 0.25) is 5.91 Å². The molecule has 0 fully saturated rings. The summed E-state index contributed by atoms with van der Waals surface area (Å²) in [6.45, 7) is 3.85. The highest BCUT2D eigenvalue weighted by Crippen LogP contribution is 1.81. The molecule has 0 aliphatic rings. The average Bonchev–Trinajstić information content (AvgIpc) is 2.17. The van der Waals surface area contributed by atoms with Gasteiger partial charge in [-0.1, -0.05) is 6.92 Å². The zero-order valence-corrected chi connectivity index (χ0v) is 9.38. The van der Waals surface area contributed by atoms with E-state index in [0.29, 0.717) is 19.8 Å². The number of nitrogens with one attached hydrogen (secondary N) is 2. The molecule has 0 aromatic heterocycles. The highest BCUT2D eigenvalue weighted by atomic mass is 16.5. The molecule has 88 valence electrons. The molecule has 0 unspecified atom stereocenters. The Hall–Kier alpha value is -1.30. The monoisotopic (exact) mass is 216 g/mol. The van der Waals surface area contributed by atoms with Gasteiger partial charge in [0.05, 0.1) is 13.2 Å². The van der Waals surface area contributed by atoms with Crippen LogP contribution in [-0.2, 0) is 9.53 Å². The summed E-state index contributed by atoms with van der Waals surface area (Å²) in [6.07, 6.45) is 0.973. The Kier molecular flexibility index (Phi) is 7.35. The van der Waals surface area contributed by atoms with Crippen LogP contribution in [0.5, 0.6) is 0 Å². The Bertz CT molecular complexity index is 208. The summed E-state index contributed by atoms with van der Waals surface area (Å²) in [5.74, 6) is -0.278. The molecule has 0 aromatic rings. The van der Waals surface area contributed by atoms with Crippen molar-refractivity contribution in [2.45, 2.75) is 13.3 Å². The molecule has 6 heteroatoms. The van der Waals surface area contributed by atoms with Gasteiger partial charge in [0.1, 0.15) is 0 Å². The maximum atomic E-state index is 11.2. The van der Waals surface area contributed by atoms with Crippen molar-refractivity contribution < 1.29 is 9.53 Å². The fraction of sp³-hybridized carbons (Fsp3) is 0.778. The first-order valence-electron chi connectivity index (χ1n) is 4.97. The molecule has 0 rings (SSSR count). The molecule has 15 heavy (non-hydrogen) atoms. The quantitative estimate of drug-likeness (QED) is 0.300. The van der Waals surface area contributed by atoms with E-state index in [1.165, 1.54) is 4.90 Å². The maximum Gasteiger partial charge on any atom is 0.239 e. The highest BCUT2D eigenvalue weighted by molar-refractivity contribution is 5.83. The van der Waals surface area contributed by atoms with Gasteiger partial charge in [-0.25, -0.2) is 0 Å². The largest absolute Gasteiger partial charge is 0.380 e. The minimum Gasteiger partial charge on any atom is -0.380 e. The van der Waals surface area contributed by atoms with E-state index >= 15 is 0 Å². The number of carbonyl (C=O) groups excluding carboxylic acids is 1. The van der Waals surface area contributed by atoms with Crippen LogP contribution in [0.15, 0.2) is 0 Å². The van der Waals surface area contributed by atoms with E-state index in [-0.39, 0.29) is 18.4 Å². The molecule has 1 amide bonds. The van der Waals surface area contributed by atoms with Gasteiger partial charge >= 0.3 is 0 Å². The number of hydrogen-bond acceptors (Lipinski definition) is 3. The summed E-state index contributed by atoms with van der Waals surface area (Å²) in [5.41, 5.74) is 5.18. The smallest absolute Gasteiger partial charge is 0.239 e. The summed E-state index contributed by atoms with van der Waals surface area (Å²) >= 11 is 0. The van der Waals surface area contributed by atoms with Crippen molar-refractivity contribution in [3.05, 3.63) is 0 Å². The second kappa shape index (κ2) is 8.05. The molecule has 0 heterocycles. The molecule has 0 radical (unpaired) electrons. The molecule has 0 spiro atoms. The normalized spacial score (nSPS) is 9.73. The van der Waals surface area contributed by atoms with Crippen molar-refractivity contribution in [2.24, 2.45) is 5.73 Å². The average molecular weight is 216 g/mol. The fourth-order valence-electron chi connectivity index (χ4n) is 0.866. The van der Waals surface area contributed by atoms with Crippen molar-refractivity contribution in [2.75, 3.05) is 33.4 Å². The molecule has 4 N–H and O–H groups in total. The number of nitrogens with two attached hydrogens (primary N) is 1. The molecule has 0 atom stereocenters. The van der Waals surface area contributed by atoms with Gasteiger partial charge < -0.3 is 20.7 Å². The minimum atomic E-state index is -0.159. The first-order chi connectivity index (χ1) is 7.07. The lowest BCUT2D eigenvalue weighted by molar-refractivity contribution is -0.121. The van der Waals surface area contributed by atoms with E-state index in [1.54, 1.807) is 7.05 Å². The van der Waals surface area contributed by atoms with Crippen LogP contribution < -0.4 is 11.1 Å². The lowest BCUT2D eigenvalue weighted by Gasteiger charge is -2.15. The third-order valence-corrected chi connectivity index (χ3v) is 1.71. The fourth-order valence-corrected chi connectivity index (χ4v) is 0.866. The molecule has 0 aromatic carbocycles. The van der Waals surface area contributed by atoms with Gasteiger partial charge in [0, 0.05) is 20.2 Å². The molecule has 0 aliphatic heterocycles. The van der Waals surface area contributed by atoms with Crippen molar-refractivity contribution in [1.29, 1.82) is 5.41 Å². The summed E-state index contributed by atoms with van der Waals surface area (Å²) in [7, 11) is 1.59. The predicted octanol–water partition coefficient (Wildman–Crippen LogP) is -0.646. The van der Waals surface area contributed by atoms with Crippen LogP contribution in [0.25, 0.3) is 0 Å². The Balaban J connectivity index is 3.45. The van der Waals surface area contributed by atoms with Crippen LogP contribution in [0.2, 0.25) is 0 Å². The Morgan fingerprint density at radius 2 is 2.20 bits per heavy atom. The number of hydrogen-bond donors (Lipinski definition) is 3. The number of ether oxygens (including phenoxy) is 1. The zero-order chi connectivity index (χ0) is 11.7. The van der Waals surface area contributed by atoms with Gasteiger partial charge in [-0.2, -0.15) is 0 Å². The molecule has 0 saturated heterocycles. The van der Waals surface area contributed by atoms with Crippen molar-refractivity contribution >= 4 is 11.9 Å². The molecule has 0 aliphatic carbocycles. The minimum absolute atomic E-state index is 0.100. The van der Waals surface area contributed by atoms with Crippen molar-refractivity contribution in [3.63, 3.8) is 0 Å². The van der Waals surface area contributed by atoms with Crippen LogP contribution in [0.3, 0.4) is 0 Å². The van der Waals surface area contributed by atoms with Gasteiger partial charge in [0.15, 0.2) is 5.96 Å². The maximum absolute atomic E-state index is 11.2. The number of amides is 1. The van der Waals surface area contributed by atoms with Crippen LogP contribution in [0.1, 0.15) is 13.3 Å². The van der Waals surface area contributed by atoms with Gasteiger partial charge in [-0.3, -0.25) is 10.2 Å². The van der Waals surface area contributed by atoms with Crippen LogP contribution >= 0.6 is 0 Å². The van der Waals surface area contributed by atoms with Crippen molar-refractivity contribution in [3.8, 4) is 0 Å². The third-order valence-electron chi connectivity index (χ3n) is 1.71. The van der Waals surface area contributed by atoms with Crippen LogP contribution in [-0.4, -0.2) is 50.1 Å². The number of nitrogens with zero attached hydrogens (tertiary/aromatic N) is 1. The number of likely N-dealkylation sites (N-methyl/N-ethyl adjacent to an activating group) is 1. The van der Waals surface area contributed by atoms with Gasteiger partial charge in [-0.15, -0.1) is 0 Å². The first-order valence-corrected chi connectivity index (χ1v) is 4.97. The van der Waals surface area contributed by atoms with E-state index in [9.17, 15) is 4.79 Å². The highest BCUT2D eigenvalue weighted by Gasteiger charge is 2.05. The molecular formula is C9H20N4O2. The van der Waals surface area contributed by atoms with E-state index in [4.69, 9.17) is 15.9 Å². The van der Waals surface area contributed by atoms with Gasteiger partial charge in [-0.05, 0) is 6.42 Å².